The SMILES string of the molecule is NCC1CN(c2ccc(C(=O)O)c(F)c2F)CCO1. The lowest BCUT2D eigenvalue weighted by molar-refractivity contribution is 0.0462. The first kappa shape index (κ1) is 13.7. The van der Waals surface area contributed by atoms with Crippen molar-refractivity contribution in [2.24, 2.45) is 5.73 Å². The molecular weight excluding hydrogens is 258 g/mol. The zero-order chi connectivity index (χ0) is 14.0. The van der Waals surface area contributed by atoms with E-state index in [0.29, 0.717) is 19.7 Å². The van der Waals surface area contributed by atoms with Gasteiger partial charge in [-0.3, -0.25) is 0 Å². The predicted octanol–water partition coefficient (Wildman–Crippen LogP) is 0.827. The molecule has 1 fully saturated rings. The lowest BCUT2D eigenvalue weighted by Crippen LogP contribution is -2.46. The van der Waals surface area contributed by atoms with Gasteiger partial charge in [-0.2, -0.15) is 0 Å². The number of aromatic carboxylic acids is 1. The van der Waals surface area contributed by atoms with Crippen molar-refractivity contribution in [2.75, 3.05) is 31.1 Å². The van der Waals surface area contributed by atoms with Gasteiger partial charge in [-0.05, 0) is 12.1 Å². The fraction of sp³-hybridized carbons (Fsp3) is 0.417. The number of halogens is 2. The number of ether oxygens (including phenoxy) is 1. The first-order valence-electron chi connectivity index (χ1n) is 5.82. The van der Waals surface area contributed by atoms with Crippen molar-refractivity contribution >= 4 is 11.7 Å². The Morgan fingerprint density at radius 1 is 1.47 bits per heavy atom. The zero-order valence-corrected chi connectivity index (χ0v) is 10.1. The van der Waals surface area contributed by atoms with E-state index in [0.717, 1.165) is 6.07 Å². The van der Waals surface area contributed by atoms with Crippen molar-refractivity contribution in [3.8, 4) is 0 Å². The summed E-state index contributed by atoms with van der Waals surface area (Å²) >= 11 is 0. The molecule has 1 aromatic rings. The maximum Gasteiger partial charge on any atom is 0.338 e. The third-order valence-electron chi connectivity index (χ3n) is 3.03. The van der Waals surface area contributed by atoms with Crippen LogP contribution in [0.4, 0.5) is 14.5 Å². The Morgan fingerprint density at radius 3 is 2.84 bits per heavy atom. The first-order valence-corrected chi connectivity index (χ1v) is 5.82. The second-order valence-corrected chi connectivity index (χ2v) is 4.24. The highest BCUT2D eigenvalue weighted by atomic mass is 19.2. The molecule has 5 nitrogen and oxygen atoms in total. The van der Waals surface area contributed by atoms with Crippen LogP contribution < -0.4 is 10.6 Å². The van der Waals surface area contributed by atoms with E-state index >= 15 is 0 Å². The van der Waals surface area contributed by atoms with E-state index < -0.39 is 23.2 Å². The Kier molecular flexibility index (Phi) is 3.96. The minimum absolute atomic E-state index is 0.0317. The number of carboxylic acids is 1. The van der Waals surface area contributed by atoms with Gasteiger partial charge >= 0.3 is 5.97 Å². The van der Waals surface area contributed by atoms with Crippen LogP contribution in [0.3, 0.4) is 0 Å². The Labute approximate surface area is 108 Å². The molecule has 3 N–H and O–H groups in total. The van der Waals surface area contributed by atoms with Crippen LogP contribution in [0.15, 0.2) is 12.1 Å². The predicted molar refractivity (Wildman–Crippen MR) is 64.3 cm³/mol. The summed E-state index contributed by atoms with van der Waals surface area (Å²) in [4.78, 5) is 12.3. The molecule has 2 rings (SSSR count). The Balaban J connectivity index is 2.30. The smallest absolute Gasteiger partial charge is 0.338 e. The minimum atomic E-state index is -1.50. The summed E-state index contributed by atoms with van der Waals surface area (Å²) in [5.41, 5.74) is 4.83. The van der Waals surface area contributed by atoms with Gasteiger partial charge in [0.05, 0.1) is 24.0 Å². The summed E-state index contributed by atoms with van der Waals surface area (Å²) < 4.78 is 32.8. The zero-order valence-electron chi connectivity index (χ0n) is 10.1. The number of morpholine rings is 1. The van der Waals surface area contributed by atoms with Gasteiger partial charge in [-0.15, -0.1) is 0 Å². The highest BCUT2D eigenvalue weighted by Gasteiger charge is 2.25. The first-order chi connectivity index (χ1) is 9.04. The Hall–Kier alpha value is -1.73. The summed E-state index contributed by atoms with van der Waals surface area (Å²) in [6.45, 7) is 1.40. The standard InChI is InChI=1S/C12H14F2N2O3/c13-10-8(12(17)18)1-2-9(11(10)14)16-3-4-19-7(5-15)6-16/h1-2,7H,3-6,15H2,(H,17,18). The molecular formula is C12H14F2N2O3. The highest BCUT2D eigenvalue weighted by molar-refractivity contribution is 5.88. The van der Waals surface area contributed by atoms with Gasteiger partial charge in [-0.1, -0.05) is 0 Å². The fourth-order valence-corrected chi connectivity index (χ4v) is 2.03. The van der Waals surface area contributed by atoms with Crippen LogP contribution in [-0.4, -0.2) is 43.4 Å². The van der Waals surface area contributed by atoms with Crippen LogP contribution in [0.25, 0.3) is 0 Å². The van der Waals surface area contributed by atoms with Crippen molar-refractivity contribution in [1.82, 2.24) is 0 Å². The number of nitrogens with zero attached hydrogens (tertiary/aromatic N) is 1. The average Bonchev–Trinajstić information content (AvgIpc) is 2.41. The molecule has 0 aromatic heterocycles. The van der Waals surface area contributed by atoms with Crippen LogP contribution >= 0.6 is 0 Å². The molecule has 1 aliphatic heterocycles. The summed E-state index contributed by atoms with van der Waals surface area (Å²) in [6.07, 6.45) is -0.240. The van der Waals surface area contributed by atoms with E-state index in [-0.39, 0.29) is 18.3 Å². The van der Waals surface area contributed by atoms with Crippen molar-refractivity contribution in [1.29, 1.82) is 0 Å². The van der Waals surface area contributed by atoms with Gasteiger partial charge in [0, 0.05) is 19.6 Å². The van der Waals surface area contributed by atoms with E-state index in [1.807, 2.05) is 0 Å². The quantitative estimate of drug-likeness (QED) is 0.852. The molecule has 0 radical (unpaired) electrons. The molecule has 1 aromatic carbocycles. The number of carboxylic acid groups (broad SMARTS) is 1. The van der Waals surface area contributed by atoms with E-state index in [2.05, 4.69) is 0 Å². The summed E-state index contributed by atoms with van der Waals surface area (Å²) in [6, 6.07) is 2.32. The summed E-state index contributed by atoms with van der Waals surface area (Å²) in [7, 11) is 0. The third-order valence-corrected chi connectivity index (χ3v) is 3.03. The monoisotopic (exact) mass is 272 g/mol. The molecule has 1 unspecified atom stereocenters. The number of anilines is 1. The van der Waals surface area contributed by atoms with E-state index in [1.54, 1.807) is 4.90 Å². The molecule has 1 aliphatic rings. The van der Waals surface area contributed by atoms with E-state index in [4.69, 9.17) is 15.6 Å². The molecule has 19 heavy (non-hydrogen) atoms. The molecule has 104 valence electrons. The number of benzene rings is 1. The average molecular weight is 272 g/mol. The lowest BCUT2D eigenvalue weighted by atomic mass is 10.1. The second kappa shape index (κ2) is 5.50. The van der Waals surface area contributed by atoms with Crippen molar-refractivity contribution in [3.63, 3.8) is 0 Å². The normalized spacial score (nSPS) is 19.5. The molecule has 1 atom stereocenters. The van der Waals surface area contributed by atoms with Gasteiger partial charge in [0.2, 0.25) is 0 Å². The fourth-order valence-electron chi connectivity index (χ4n) is 2.03. The van der Waals surface area contributed by atoms with Crippen LogP contribution in [0.5, 0.6) is 0 Å². The summed E-state index contributed by atoms with van der Waals surface area (Å²) in [5, 5.41) is 8.71. The Morgan fingerprint density at radius 2 is 2.21 bits per heavy atom. The maximum absolute atomic E-state index is 13.9. The van der Waals surface area contributed by atoms with Crippen LogP contribution in [0.2, 0.25) is 0 Å². The van der Waals surface area contributed by atoms with E-state index in [1.165, 1.54) is 6.07 Å². The minimum Gasteiger partial charge on any atom is -0.478 e. The third kappa shape index (κ3) is 2.66. The lowest BCUT2D eigenvalue weighted by Gasteiger charge is -2.34. The van der Waals surface area contributed by atoms with Gasteiger partial charge in [0.1, 0.15) is 0 Å². The summed E-state index contributed by atoms with van der Waals surface area (Å²) in [5.74, 6) is -4.00. The number of nitrogens with two attached hydrogens (primary N) is 1. The van der Waals surface area contributed by atoms with E-state index in [9.17, 15) is 13.6 Å². The molecule has 0 amide bonds. The van der Waals surface area contributed by atoms with Gasteiger partial charge in [-0.25, -0.2) is 13.6 Å². The number of hydrogen-bond donors (Lipinski definition) is 2. The number of carbonyl (C=O) groups is 1. The second-order valence-electron chi connectivity index (χ2n) is 4.24. The van der Waals surface area contributed by atoms with Crippen LogP contribution in [0.1, 0.15) is 10.4 Å². The largest absolute Gasteiger partial charge is 0.478 e. The van der Waals surface area contributed by atoms with Gasteiger partial charge in [0.25, 0.3) is 0 Å². The van der Waals surface area contributed by atoms with Crippen molar-refractivity contribution < 1.29 is 23.4 Å². The van der Waals surface area contributed by atoms with Crippen molar-refractivity contribution in [3.05, 3.63) is 29.3 Å². The molecule has 1 saturated heterocycles. The molecule has 1 heterocycles. The highest BCUT2D eigenvalue weighted by Crippen LogP contribution is 2.25. The number of rotatable bonds is 3. The molecule has 7 heteroatoms. The van der Waals surface area contributed by atoms with Crippen LogP contribution in [0, 0.1) is 11.6 Å². The van der Waals surface area contributed by atoms with Crippen molar-refractivity contribution in [2.45, 2.75) is 6.10 Å². The van der Waals surface area contributed by atoms with Crippen LogP contribution in [-0.2, 0) is 4.74 Å². The van der Waals surface area contributed by atoms with Gasteiger partial charge < -0.3 is 20.5 Å². The molecule has 0 saturated carbocycles. The number of hydrogen-bond acceptors (Lipinski definition) is 4. The molecule has 0 spiro atoms. The van der Waals surface area contributed by atoms with Gasteiger partial charge in [0.15, 0.2) is 11.6 Å². The topological polar surface area (TPSA) is 75.8 Å². The molecule has 0 bridgehead atoms. The maximum atomic E-state index is 13.9. The molecule has 0 aliphatic carbocycles. The Bertz CT molecular complexity index is 496.